The van der Waals surface area contributed by atoms with Crippen molar-refractivity contribution in [3.05, 3.63) is 42.5 Å². The molecule has 1 aromatic rings. The molecule has 1 unspecified atom stereocenters. The Labute approximate surface area is 173 Å². The van der Waals surface area contributed by atoms with Crippen LogP contribution in [0.4, 0.5) is 4.79 Å². The minimum absolute atomic E-state index is 0.0125. The van der Waals surface area contributed by atoms with Crippen LogP contribution >= 0.6 is 15.9 Å². The summed E-state index contributed by atoms with van der Waals surface area (Å²) in [5, 5.41) is 20.1. The normalized spacial score (nSPS) is 24.1. The van der Waals surface area contributed by atoms with E-state index in [2.05, 4.69) is 22.5 Å². The van der Waals surface area contributed by atoms with Crippen LogP contribution in [0.5, 0.6) is 5.75 Å². The van der Waals surface area contributed by atoms with Crippen molar-refractivity contribution in [3.8, 4) is 5.75 Å². The number of benzene rings is 1. The van der Waals surface area contributed by atoms with E-state index >= 15 is 0 Å². The predicted molar refractivity (Wildman–Crippen MR) is 108 cm³/mol. The molecule has 7 nitrogen and oxygen atoms in total. The fraction of sp³-hybridized carbons (Fsp3) is 0.500. The summed E-state index contributed by atoms with van der Waals surface area (Å²) < 4.78 is 11.3. The van der Waals surface area contributed by atoms with Gasteiger partial charge in [-0.05, 0) is 37.0 Å². The number of aliphatic carboxylic acids is 1. The number of carboxylic acids is 1. The molecule has 0 aromatic heterocycles. The van der Waals surface area contributed by atoms with Crippen molar-refractivity contribution in [2.45, 2.75) is 38.0 Å². The SMILES string of the molecule is C=CC[C@]1(CCCBr)C(OCc2ccc(OC)cc2)CN(C(=O)O)[C@@H]1C(=O)O. The molecule has 2 N–H and O–H groups in total. The lowest BCUT2D eigenvalue weighted by molar-refractivity contribution is -0.147. The Morgan fingerprint density at radius 2 is 2.04 bits per heavy atom. The molecule has 2 rings (SSSR count). The summed E-state index contributed by atoms with van der Waals surface area (Å²) in [5.41, 5.74) is 0.0288. The third kappa shape index (κ3) is 4.67. The Hall–Kier alpha value is -2.06. The fourth-order valence-electron chi connectivity index (χ4n) is 3.96. The summed E-state index contributed by atoms with van der Waals surface area (Å²) >= 11 is 3.39. The molecule has 1 heterocycles. The van der Waals surface area contributed by atoms with Gasteiger partial charge in [-0.15, -0.1) is 6.58 Å². The number of allylic oxidation sites excluding steroid dienone is 1. The standard InChI is InChI=1S/C20H26BrNO6/c1-3-9-20(10-4-11-21)16(12-22(19(25)26)17(20)18(23)24)28-13-14-5-7-15(27-2)8-6-14/h3,5-8,16-17H,1,4,9-13H2,2H3,(H,23,24)(H,25,26)/t16?,17-,20+/m1/s1. The van der Waals surface area contributed by atoms with Gasteiger partial charge >= 0.3 is 12.1 Å². The number of likely N-dealkylation sites (tertiary alicyclic amines) is 1. The lowest BCUT2D eigenvalue weighted by Crippen LogP contribution is -2.49. The Morgan fingerprint density at radius 3 is 2.54 bits per heavy atom. The van der Waals surface area contributed by atoms with Crippen LogP contribution < -0.4 is 4.74 Å². The number of methoxy groups -OCH3 is 1. The highest BCUT2D eigenvalue weighted by atomic mass is 79.9. The lowest BCUT2D eigenvalue weighted by atomic mass is 9.72. The Balaban J connectivity index is 2.31. The monoisotopic (exact) mass is 455 g/mol. The van der Waals surface area contributed by atoms with E-state index in [4.69, 9.17) is 9.47 Å². The molecule has 0 bridgehead atoms. The van der Waals surface area contributed by atoms with Crippen LogP contribution in [-0.2, 0) is 16.1 Å². The summed E-state index contributed by atoms with van der Waals surface area (Å²) in [6.45, 7) is 4.04. The van der Waals surface area contributed by atoms with Gasteiger partial charge < -0.3 is 19.7 Å². The van der Waals surface area contributed by atoms with E-state index in [1.54, 1.807) is 13.2 Å². The van der Waals surface area contributed by atoms with Gasteiger partial charge in [0.05, 0.1) is 26.4 Å². The number of hydrogen-bond donors (Lipinski definition) is 2. The first kappa shape index (κ1) is 22.2. The first-order chi connectivity index (χ1) is 13.4. The minimum atomic E-state index is -1.25. The van der Waals surface area contributed by atoms with Crippen LogP contribution in [0.2, 0.25) is 0 Å². The van der Waals surface area contributed by atoms with E-state index in [1.165, 1.54) is 0 Å². The van der Waals surface area contributed by atoms with E-state index in [-0.39, 0.29) is 13.2 Å². The third-order valence-corrected chi connectivity index (χ3v) is 5.81. The zero-order valence-corrected chi connectivity index (χ0v) is 17.4. The molecule has 1 aliphatic rings. The molecule has 154 valence electrons. The molecule has 8 heteroatoms. The van der Waals surface area contributed by atoms with Gasteiger partial charge in [0.1, 0.15) is 11.8 Å². The van der Waals surface area contributed by atoms with Gasteiger partial charge in [0, 0.05) is 10.7 Å². The third-order valence-electron chi connectivity index (χ3n) is 5.25. The average molecular weight is 456 g/mol. The summed E-state index contributed by atoms with van der Waals surface area (Å²) in [5.74, 6) is -0.430. The molecule has 1 fully saturated rings. The van der Waals surface area contributed by atoms with Crippen molar-refractivity contribution in [3.63, 3.8) is 0 Å². The smallest absolute Gasteiger partial charge is 0.408 e. The van der Waals surface area contributed by atoms with Crippen molar-refractivity contribution in [2.75, 3.05) is 19.0 Å². The van der Waals surface area contributed by atoms with Crippen LogP contribution in [0.25, 0.3) is 0 Å². The lowest BCUT2D eigenvalue weighted by Gasteiger charge is -2.37. The first-order valence-corrected chi connectivity index (χ1v) is 10.2. The van der Waals surface area contributed by atoms with Crippen LogP contribution in [0.15, 0.2) is 36.9 Å². The Bertz CT molecular complexity index is 694. The zero-order valence-electron chi connectivity index (χ0n) is 15.8. The van der Waals surface area contributed by atoms with Crippen LogP contribution in [0.1, 0.15) is 24.8 Å². The highest BCUT2D eigenvalue weighted by Crippen LogP contribution is 2.46. The second-order valence-corrected chi connectivity index (χ2v) is 7.63. The summed E-state index contributed by atoms with van der Waals surface area (Å²) in [6, 6.07) is 6.19. The molecule has 1 amide bonds. The molecule has 1 saturated heterocycles. The quantitative estimate of drug-likeness (QED) is 0.411. The van der Waals surface area contributed by atoms with Crippen LogP contribution in [0.3, 0.4) is 0 Å². The molecule has 1 aliphatic heterocycles. The number of alkyl halides is 1. The first-order valence-electron chi connectivity index (χ1n) is 9.03. The van der Waals surface area contributed by atoms with Crippen molar-refractivity contribution >= 4 is 28.0 Å². The number of nitrogens with zero attached hydrogens (tertiary/aromatic N) is 1. The zero-order chi connectivity index (χ0) is 20.7. The van der Waals surface area contributed by atoms with Gasteiger partial charge in [0.15, 0.2) is 0 Å². The van der Waals surface area contributed by atoms with Gasteiger partial charge in [-0.2, -0.15) is 0 Å². The van der Waals surface area contributed by atoms with E-state index < -0.39 is 29.6 Å². The van der Waals surface area contributed by atoms with Gasteiger partial charge in [-0.25, -0.2) is 9.59 Å². The summed E-state index contributed by atoms with van der Waals surface area (Å²) in [7, 11) is 1.59. The molecular formula is C20H26BrNO6. The number of ether oxygens (including phenoxy) is 2. The molecule has 28 heavy (non-hydrogen) atoms. The molecular weight excluding hydrogens is 430 g/mol. The largest absolute Gasteiger partial charge is 0.497 e. The van der Waals surface area contributed by atoms with E-state index in [1.807, 2.05) is 24.3 Å². The number of amides is 1. The minimum Gasteiger partial charge on any atom is -0.497 e. The number of carbonyl (C=O) groups is 2. The molecule has 3 atom stereocenters. The van der Waals surface area contributed by atoms with Crippen LogP contribution in [-0.4, -0.2) is 58.3 Å². The van der Waals surface area contributed by atoms with Gasteiger partial charge in [-0.3, -0.25) is 4.90 Å². The number of carboxylic acid groups (broad SMARTS) is 2. The maximum Gasteiger partial charge on any atom is 0.408 e. The van der Waals surface area contributed by atoms with Crippen LogP contribution in [0, 0.1) is 5.41 Å². The van der Waals surface area contributed by atoms with Gasteiger partial charge in [0.2, 0.25) is 0 Å². The predicted octanol–water partition coefficient (Wildman–Crippen LogP) is 3.76. The van der Waals surface area contributed by atoms with Gasteiger partial charge in [0.25, 0.3) is 0 Å². The summed E-state index contributed by atoms with van der Waals surface area (Å²) in [6.07, 6.45) is 1.41. The summed E-state index contributed by atoms with van der Waals surface area (Å²) in [4.78, 5) is 24.8. The number of halogens is 1. The van der Waals surface area contributed by atoms with Crippen molar-refractivity contribution < 1.29 is 29.3 Å². The number of rotatable bonds is 10. The second-order valence-electron chi connectivity index (χ2n) is 6.84. The molecule has 0 radical (unpaired) electrons. The molecule has 1 aromatic carbocycles. The Morgan fingerprint density at radius 1 is 1.36 bits per heavy atom. The molecule has 0 spiro atoms. The van der Waals surface area contributed by atoms with Crippen molar-refractivity contribution in [2.24, 2.45) is 5.41 Å². The van der Waals surface area contributed by atoms with E-state index in [9.17, 15) is 19.8 Å². The fourth-order valence-corrected chi connectivity index (χ4v) is 4.25. The van der Waals surface area contributed by atoms with Gasteiger partial charge in [-0.1, -0.05) is 34.1 Å². The maximum atomic E-state index is 12.0. The van der Waals surface area contributed by atoms with Crippen molar-refractivity contribution in [1.82, 2.24) is 4.90 Å². The maximum absolute atomic E-state index is 12.0. The average Bonchev–Trinajstić information content (AvgIpc) is 3.00. The van der Waals surface area contributed by atoms with E-state index in [0.717, 1.165) is 16.2 Å². The van der Waals surface area contributed by atoms with E-state index in [0.29, 0.717) is 24.6 Å². The molecule has 0 saturated carbocycles. The van der Waals surface area contributed by atoms with Crippen molar-refractivity contribution in [1.29, 1.82) is 0 Å². The highest BCUT2D eigenvalue weighted by molar-refractivity contribution is 9.09. The Kier molecular flexibility index (Phi) is 7.88. The molecule has 0 aliphatic carbocycles. The number of hydrogen-bond acceptors (Lipinski definition) is 4. The second kappa shape index (κ2) is 9.93. The highest BCUT2D eigenvalue weighted by Gasteiger charge is 2.58. The topological polar surface area (TPSA) is 96.3 Å².